The summed E-state index contributed by atoms with van der Waals surface area (Å²) < 4.78 is 18.5. The Morgan fingerprint density at radius 1 is 1.35 bits per heavy atom. The molecule has 1 aliphatic rings. The van der Waals surface area contributed by atoms with Crippen molar-refractivity contribution in [1.82, 2.24) is 10.3 Å². The summed E-state index contributed by atoms with van der Waals surface area (Å²) in [5.41, 5.74) is 1.24. The summed E-state index contributed by atoms with van der Waals surface area (Å²) in [6.07, 6.45) is 5.07. The first-order chi connectivity index (χ1) is 8.31. The summed E-state index contributed by atoms with van der Waals surface area (Å²) in [6.45, 7) is 0.626. The molecule has 1 aromatic carbocycles. The molecule has 1 heterocycles. The van der Waals surface area contributed by atoms with Gasteiger partial charge in [-0.1, -0.05) is 12.8 Å². The highest BCUT2D eigenvalue weighted by atomic mass is 19.1. The fraction of sp³-hybridized carbons (Fsp3) is 0.462. The van der Waals surface area contributed by atoms with E-state index in [4.69, 9.17) is 4.42 Å². The van der Waals surface area contributed by atoms with Crippen LogP contribution < -0.4 is 5.32 Å². The molecule has 0 unspecified atom stereocenters. The smallest absolute Gasteiger partial charge is 0.209 e. The lowest BCUT2D eigenvalue weighted by atomic mass is 10.2. The lowest BCUT2D eigenvalue weighted by Gasteiger charge is -2.08. The van der Waals surface area contributed by atoms with Crippen LogP contribution in [0.25, 0.3) is 11.1 Å². The van der Waals surface area contributed by atoms with Crippen LogP contribution in [-0.2, 0) is 6.54 Å². The molecule has 1 aromatic heterocycles. The van der Waals surface area contributed by atoms with Gasteiger partial charge in [-0.25, -0.2) is 9.37 Å². The average Bonchev–Trinajstić information content (AvgIpc) is 2.94. The lowest BCUT2D eigenvalue weighted by Crippen LogP contribution is -2.25. The average molecular weight is 234 g/mol. The van der Waals surface area contributed by atoms with Crippen molar-refractivity contribution in [3.8, 4) is 0 Å². The third-order valence-corrected chi connectivity index (χ3v) is 3.29. The highest BCUT2D eigenvalue weighted by Gasteiger charge is 2.15. The van der Waals surface area contributed by atoms with Gasteiger partial charge in [0.15, 0.2) is 5.58 Å². The molecule has 3 rings (SSSR count). The van der Waals surface area contributed by atoms with E-state index in [1.165, 1.54) is 37.8 Å². The quantitative estimate of drug-likeness (QED) is 0.887. The number of hydrogen-bond acceptors (Lipinski definition) is 3. The Balaban J connectivity index is 1.72. The summed E-state index contributed by atoms with van der Waals surface area (Å²) in [7, 11) is 0. The van der Waals surface area contributed by atoms with Gasteiger partial charge in [0.1, 0.15) is 11.3 Å². The van der Waals surface area contributed by atoms with Crippen molar-refractivity contribution in [3.63, 3.8) is 0 Å². The van der Waals surface area contributed by atoms with Crippen molar-refractivity contribution >= 4 is 11.1 Å². The second kappa shape index (κ2) is 4.45. The van der Waals surface area contributed by atoms with Crippen LogP contribution in [0.3, 0.4) is 0 Å². The molecule has 90 valence electrons. The molecule has 2 aromatic rings. The monoisotopic (exact) mass is 234 g/mol. The van der Waals surface area contributed by atoms with E-state index in [2.05, 4.69) is 10.3 Å². The van der Waals surface area contributed by atoms with Gasteiger partial charge in [0.05, 0.1) is 6.54 Å². The predicted octanol–water partition coefficient (Wildman–Crippen LogP) is 3.00. The van der Waals surface area contributed by atoms with E-state index in [1.807, 2.05) is 0 Å². The number of nitrogens with zero attached hydrogens (tertiary/aromatic N) is 1. The molecule has 0 amide bonds. The number of aromatic nitrogens is 1. The number of nitrogens with one attached hydrogen (secondary N) is 1. The van der Waals surface area contributed by atoms with Crippen molar-refractivity contribution < 1.29 is 8.81 Å². The topological polar surface area (TPSA) is 38.1 Å². The number of hydrogen-bond donors (Lipinski definition) is 1. The van der Waals surface area contributed by atoms with Crippen molar-refractivity contribution in [2.45, 2.75) is 38.3 Å². The first kappa shape index (κ1) is 10.7. The minimum atomic E-state index is -0.288. The molecule has 0 bridgehead atoms. The fourth-order valence-electron chi connectivity index (χ4n) is 2.38. The Morgan fingerprint density at radius 2 is 2.18 bits per heavy atom. The Kier molecular flexibility index (Phi) is 2.81. The number of oxazole rings is 1. The van der Waals surface area contributed by atoms with Crippen LogP contribution in [0.1, 0.15) is 31.6 Å². The van der Waals surface area contributed by atoms with Crippen LogP contribution >= 0.6 is 0 Å². The molecule has 3 nitrogen and oxygen atoms in total. The minimum Gasteiger partial charge on any atom is -0.439 e. The Hall–Kier alpha value is -1.42. The Morgan fingerprint density at radius 3 is 3.00 bits per heavy atom. The third-order valence-electron chi connectivity index (χ3n) is 3.29. The van der Waals surface area contributed by atoms with Crippen LogP contribution in [0, 0.1) is 5.82 Å². The molecular weight excluding hydrogens is 219 g/mol. The van der Waals surface area contributed by atoms with Crippen LogP contribution in [-0.4, -0.2) is 11.0 Å². The maximum Gasteiger partial charge on any atom is 0.209 e. The molecule has 1 aliphatic carbocycles. The van der Waals surface area contributed by atoms with Gasteiger partial charge in [-0.05, 0) is 25.0 Å². The summed E-state index contributed by atoms with van der Waals surface area (Å²) in [5.74, 6) is 0.349. The zero-order chi connectivity index (χ0) is 11.7. The number of halogens is 1. The van der Waals surface area contributed by atoms with Gasteiger partial charge in [-0.2, -0.15) is 0 Å². The second-order valence-corrected chi connectivity index (χ2v) is 4.58. The molecule has 1 fully saturated rings. The molecule has 0 radical (unpaired) electrons. The zero-order valence-corrected chi connectivity index (χ0v) is 9.58. The molecule has 4 heteroatoms. The summed E-state index contributed by atoms with van der Waals surface area (Å²) in [6, 6.07) is 5.01. The summed E-state index contributed by atoms with van der Waals surface area (Å²) in [4.78, 5) is 4.32. The highest BCUT2D eigenvalue weighted by molar-refractivity contribution is 5.72. The number of fused-ring (bicyclic) bond motifs is 1. The SMILES string of the molecule is Fc1ccc2nc(CNC3CCCC3)oc2c1. The van der Waals surface area contributed by atoms with Crippen LogP contribution in [0.15, 0.2) is 22.6 Å². The largest absolute Gasteiger partial charge is 0.439 e. The van der Waals surface area contributed by atoms with E-state index in [-0.39, 0.29) is 5.82 Å². The highest BCUT2D eigenvalue weighted by Crippen LogP contribution is 2.19. The van der Waals surface area contributed by atoms with Crippen molar-refractivity contribution in [2.24, 2.45) is 0 Å². The number of benzene rings is 1. The van der Waals surface area contributed by atoms with Gasteiger partial charge in [-0.3, -0.25) is 0 Å². The molecule has 0 aliphatic heterocycles. The van der Waals surface area contributed by atoms with E-state index in [0.717, 1.165) is 5.52 Å². The molecular formula is C13H15FN2O. The fourth-order valence-corrected chi connectivity index (χ4v) is 2.38. The maximum atomic E-state index is 13.0. The van der Waals surface area contributed by atoms with Gasteiger partial charge in [0, 0.05) is 12.1 Å². The van der Waals surface area contributed by atoms with E-state index in [9.17, 15) is 4.39 Å². The summed E-state index contributed by atoms with van der Waals surface area (Å²) in [5, 5.41) is 3.42. The molecule has 0 spiro atoms. The van der Waals surface area contributed by atoms with E-state index < -0.39 is 0 Å². The Labute approximate surface area is 99.0 Å². The Bertz CT molecular complexity index is 517. The van der Waals surface area contributed by atoms with Gasteiger partial charge < -0.3 is 9.73 Å². The first-order valence-electron chi connectivity index (χ1n) is 6.09. The van der Waals surface area contributed by atoms with Crippen molar-refractivity contribution in [2.75, 3.05) is 0 Å². The molecule has 0 saturated heterocycles. The second-order valence-electron chi connectivity index (χ2n) is 4.58. The van der Waals surface area contributed by atoms with E-state index >= 15 is 0 Å². The third kappa shape index (κ3) is 2.31. The molecule has 1 N–H and O–H groups in total. The van der Waals surface area contributed by atoms with Crippen molar-refractivity contribution in [1.29, 1.82) is 0 Å². The molecule has 17 heavy (non-hydrogen) atoms. The molecule has 1 saturated carbocycles. The van der Waals surface area contributed by atoms with Gasteiger partial charge in [-0.15, -0.1) is 0 Å². The normalized spacial score (nSPS) is 17.0. The van der Waals surface area contributed by atoms with Gasteiger partial charge in [0.2, 0.25) is 5.89 Å². The van der Waals surface area contributed by atoms with E-state index in [0.29, 0.717) is 24.1 Å². The zero-order valence-electron chi connectivity index (χ0n) is 9.58. The maximum absolute atomic E-state index is 13.0. The standard InChI is InChI=1S/C13H15FN2O/c14-9-5-6-11-12(7-9)17-13(16-11)8-15-10-3-1-2-4-10/h5-7,10,15H,1-4,8H2. The van der Waals surface area contributed by atoms with Gasteiger partial charge >= 0.3 is 0 Å². The van der Waals surface area contributed by atoms with Crippen LogP contribution in [0.4, 0.5) is 4.39 Å². The van der Waals surface area contributed by atoms with Crippen LogP contribution in [0.2, 0.25) is 0 Å². The predicted molar refractivity (Wildman–Crippen MR) is 63.1 cm³/mol. The van der Waals surface area contributed by atoms with Gasteiger partial charge in [0.25, 0.3) is 0 Å². The molecule has 0 atom stereocenters. The van der Waals surface area contributed by atoms with E-state index in [1.54, 1.807) is 6.07 Å². The first-order valence-corrected chi connectivity index (χ1v) is 6.09. The van der Waals surface area contributed by atoms with Crippen LogP contribution in [0.5, 0.6) is 0 Å². The van der Waals surface area contributed by atoms with Crippen molar-refractivity contribution in [3.05, 3.63) is 29.9 Å². The lowest BCUT2D eigenvalue weighted by molar-refractivity contribution is 0.449. The minimum absolute atomic E-state index is 0.288. The number of rotatable bonds is 3. The summed E-state index contributed by atoms with van der Waals surface area (Å²) >= 11 is 0.